The fourth-order valence-electron chi connectivity index (χ4n) is 3.51. The molecule has 0 aliphatic carbocycles. The molecule has 1 atom stereocenters. The van der Waals surface area contributed by atoms with Crippen LogP contribution in [0, 0.1) is 11.7 Å². The smallest absolute Gasteiger partial charge is 0.224 e. The zero-order valence-electron chi connectivity index (χ0n) is 16.3. The van der Waals surface area contributed by atoms with Crippen molar-refractivity contribution in [2.45, 2.75) is 19.3 Å². The van der Waals surface area contributed by atoms with Gasteiger partial charge >= 0.3 is 0 Å². The number of carbonyl (C=O) groups excluding carboxylic acids is 1. The Morgan fingerprint density at radius 3 is 2.97 bits per heavy atom. The van der Waals surface area contributed by atoms with Crippen molar-refractivity contribution in [2.24, 2.45) is 5.92 Å². The molecule has 2 aromatic heterocycles. The average Bonchev–Trinajstić information content (AvgIpc) is 3.31. The number of fused-ring (bicyclic) bond motifs is 1. The van der Waals surface area contributed by atoms with E-state index in [0.717, 1.165) is 47.2 Å². The van der Waals surface area contributed by atoms with Crippen molar-refractivity contribution < 1.29 is 13.9 Å². The van der Waals surface area contributed by atoms with E-state index in [9.17, 15) is 9.18 Å². The van der Waals surface area contributed by atoms with Crippen LogP contribution in [0.2, 0.25) is 0 Å². The van der Waals surface area contributed by atoms with E-state index in [1.54, 1.807) is 23.8 Å². The third kappa shape index (κ3) is 4.56. The SMILES string of the molecule is COCCCNC(=O)C1CCCN(c2nn3cc(-c4ccc(F)cc4)nc3s2)C1. The van der Waals surface area contributed by atoms with E-state index in [1.165, 1.54) is 23.5 Å². The molecule has 0 saturated carbocycles. The molecule has 1 aliphatic rings. The minimum atomic E-state index is -0.266. The van der Waals surface area contributed by atoms with Crippen LogP contribution in [0.5, 0.6) is 0 Å². The molecule has 1 fully saturated rings. The summed E-state index contributed by atoms with van der Waals surface area (Å²) in [4.78, 5) is 20.0. The Hall–Kier alpha value is -2.52. The topological polar surface area (TPSA) is 71.8 Å². The lowest BCUT2D eigenvalue weighted by Gasteiger charge is -2.31. The largest absolute Gasteiger partial charge is 0.385 e. The summed E-state index contributed by atoms with van der Waals surface area (Å²) in [5, 5.41) is 8.53. The summed E-state index contributed by atoms with van der Waals surface area (Å²) in [7, 11) is 1.66. The van der Waals surface area contributed by atoms with Gasteiger partial charge < -0.3 is 15.0 Å². The number of aromatic nitrogens is 3. The highest BCUT2D eigenvalue weighted by atomic mass is 32.1. The maximum atomic E-state index is 13.1. The summed E-state index contributed by atoms with van der Waals surface area (Å²) in [6, 6.07) is 6.28. The van der Waals surface area contributed by atoms with Crippen LogP contribution < -0.4 is 10.2 Å². The number of methoxy groups -OCH3 is 1. The normalized spacial score (nSPS) is 17.0. The Bertz CT molecular complexity index is 940. The molecule has 1 N–H and O–H groups in total. The minimum absolute atomic E-state index is 0.0303. The maximum absolute atomic E-state index is 13.1. The lowest BCUT2D eigenvalue weighted by molar-refractivity contribution is -0.125. The van der Waals surface area contributed by atoms with Crippen LogP contribution in [0.1, 0.15) is 19.3 Å². The summed E-state index contributed by atoms with van der Waals surface area (Å²) in [6.07, 6.45) is 4.52. The van der Waals surface area contributed by atoms with Gasteiger partial charge in [-0.1, -0.05) is 11.3 Å². The summed E-state index contributed by atoms with van der Waals surface area (Å²) < 4.78 is 19.9. The monoisotopic (exact) mass is 417 g/mol. The Labute approximate surface area is 172 Å². The number of rotatable bonds is 7. The number of anilines is 1. The van der Waals surface area contributed by atoms with Crippen molar-refractivity contribution in [3.8, 4) is 11.3 Å². The molecule has 3 heterocycles. The fraction of sp³-hybridized carbons (Fsp3) is 0.450. The molecule has 7 nitrogen and oxygen atoms in total. The van der Waals surface area contributed by atoms with E-state index in [1.807, 2.05) is 6.20 Å². The summed E-state index contributed by atoms with van der Waals surface area (Å²) in [6.45, 7) is 2.84. The first-order chi connectivity index (χ1) is 14.1. The molecule has 1 amide bonds. The summed E-state index contributed by atoms with van der Waals surface area (Å²) in [5.74, 6) is -0.194. The molecule has 29 heavy (non-hydrogen) atoms. The first kappa shape index (κ1) is 19.8. The predicted molar refractivity (Wildman–Crippen MR) is 111 cm³/mol. The maximum Gasteiger partial charge on any atom is 0.224 e. The number of carbonyl (C=O) groups is 1. The van der Waals surface area contributed by atoms with Crippen LogP contribution >= 0.6 is 11.3 Å². The standard InChI is InChI=1S/C20H24FN5O2S/c1-28-11-3-9-22-18(27)15-4-2-10-25(12-15)20-24-26-13-17(23-19(26)29-20)14-5-7-16(21)8-6-14/h5-8,13,15H,2-4,9-12H2,1H3,(H,22,27). The van der Waals surface area contributed by atoms with Gasteiger partial charge in [0, 0.05) is 38.9 Å². The third-order valence-corrected chi connectivity index (χ3v) is 6.04. The molecule has 0 radical (unpaired) electrons. The Morgan fingerprint density at radius 1 is 1.38 bits per heavy atom. The molecule has 0 bridgehead atoms. The highest BCUT2D eigenvalue weighted by molar-refractivity contribution is 7.20. The number of nitrogens with zero attached hydrogens (tertiary/aromatic N) is 4. The number of benzene rings is 1. The van der Waals surface area contributed by atoms with Crippen LogP contribution in [0.15, 0.2) is 30.5 Å². The van der Waals surface area contributed by atoms with E-state index < -0.39 is 0 Å². The van der Waals surface area contributed by atoms with E-state index in [2.05, 4.69) is 20.3 Å². The van der Waals surface area contributed by atoms with Crippen molar-refractivity contribution in [1.29, 1.82) is 0 Å². The van der Waals surface area contributed by atoms with Gasteiger partial charge in [0.1, 0.15) is 5.82 Å². The van der Waals surface area contributed by atoms with E-state index in [4.69, 9.17) is 4.74 Å². The zero-order chi connectivity index (χ0) is 20.2. The number of hydrogen-bond acceptors (Lipinski definition) is 6. The Balaban J connectivity index is 1.42. The lowest BCUT2D eigenvalue weighted by atomic mass is 9.97. The summed E-state index contributed by atoms with van der Waals surface area (Å²) in [5.41, 5.74) is 1.62. The third-order valence-electron chi connectivity index (χ3n) is 5.06. The van der Waals surface area contributed by atoms with Gasteiger partial charge in [-0.15, -0.1) is 5.10 Å². The van der Waals surface area contributed by atoms with Crippen molar-refractivity contribution >= 4 is 27.3 Å². The Kier molecular flexibility index (Phi) is 6.05. The zero-order valence-corrected chi connectivity index (χ0v) is 17.1. The van der Waals surface area contributed by atoms with Crippen LogP contribution in [0.4, 0.5) is 9.52 Å². The molecular formula is C20H24FN5O2S. The molecule has 1 aliphatic heterocycles. The van der Waals surface area contributed by atoms with Gasteiger partial charge in [0.15, 0.2) is 0 Å². The highest BCUT2D eigenvalue weighted by Crippen LogP contribution is 2.29. The van der Waals surface area contributed by atoms with Crippen molar-refractivity contribution in [3.05, 3.63) is 36.3 Å². The van der Waals surface area contributed by atoms with Crippen LogP contribution in [-0.4, -0.2) is 53.9 Å². The molecule has 1 unspecified atom stereocenters. The molecule has 0 spiro atoms. The molecule has 154 valence electrons. The van der Waals surface area contributed by atoms with E-state index in [-0.39, 0.29) is 17.6 Å². The minimum Gasteiger partial charge on any atom is -0.385 e. The molecule has 4 rings (SSSR count). The average molecular weight is 418 g/mol. The molecule has 9 heteroatoms. The van der Waals surface area contributed by atoms with Gasteiger partial charge in [0.05, 0.1) is 17.8 Å². The van der Waals surface area contributed by atoms with Crippen LogP contribution in [0.25, 0.3) is 16.2 Å². The number of nitrogens with one attached hydrogen (secondary N) is 1. The molecular weight excluding hydrogens is 393 g/mol. The number of imidazole rings is 1. The number of hydrogen-bond donors (Lipinski definition) is 1. The van der Waals surface area contributed by atoms with Crippen molar-refractivity contribution in [3.63, 3.8) is 0 Å². The van der Waals surface area contributed by atoms with Crippen molar-refractivity contribution in [2.75, 3.05) is 38.3 Å². The molecule has 1 aromatic carbocycles. The van der Waals surface area contributed by atoms with Crippen LogP contribution in [0.3, 0.4) is 0 Å². The number of ether oxygens (including phenoxy) is 1. The van der Waals surface area contributed by atoms with Crippen LogP contribution in [-0.2, 0) is 9.53 Å². The van der Waals surface area contributed by atoms with Gasteiger partial charge in [-0.3, -0.25) is 4.79 Å². The van der Waals surface area contributed by atoms with Gasteiger partial charge in [0.25, 0.3) is 0 Å². The van der Waals surface area contributed by atoms with Gasteiger partial charge in [0.2, 0.25) is 16.0 Å². The second-order valence-corrected chi connectivity index (χ2v) is 8.10. The number of halogens is 1. The Morgan fingerprint density at radius 2 is 2.21 bits per heavy atom. The highest BCUT2D eigenvalue weighted by Gasteiger charge is 2.27. The summed E-state index contributed by atoms with van der Waals surface area (Å²) >= 11 is 1.51. The number of piperidine rings is 1. The molecule has 1 saturated heterocycles. The lowest BCUT2D eigenvalue weighted by Crippen LogP contribution is -2.43. The first-order valence-electron chi connectivity index (χ1n) is 9.78. The van der Waals surface area contributed by atoms with Crippen molar-refractivity contribution in [1.82, 2.24) is 19.9 Å². The number of amides is 1. The van der Waals surface area contributed by atoms with E-state index >= 15 is 0 Å². The second-order valence-electron chi connectivity index (χ2n) is 7.17. The van der Waals surface area contributed by atoms with Gasteiger partial charge in [-0.25, -0.2) is 13.9 Å². The predicted octanol–water partition coefficient (Wildman–Crippen LogP) is 2.97. The first-order valence-corrected chi connectivity index (χ1v) is 10.6. The quantitative estimate of drug-likeness (QED) is 0.599. The molecule has 3 aromatic rings. The van der Waals surface area contributed by atoms with Gasteiger partial charge in [-0.05, 0) is 43.5 Å². The van der Waals surface area contributed by atoms with E-state index in [0.29, 0.717) is 19.7 Å². The van der Waals surface area contributed by atoms with Gasteiger partial charge in [-0.2, -0.15) is 0 Å². The second kappa shape index (κ2) is 8.87. The fourth-order valence-corrected chi connectivity index (χ4v) is 4.43.